The number of alkyl halides is 2. The van der Waals surface area contributed by atoms with Gasteiger partial charge in [-0.2, -0.15) is 8.78 Å². The number of aromatic nitrogens is 2. The van der Waals surface area contributed by atoms with E-state index in [0.29, 0.717) is 15.2 Å². The lowest BCUT2D eigenvalue weighted by atomic mass is 10.2. The second kappa shape index (κ2) is 8.87. The minimum Gasteiger partial charge on any atom is -0.435 e. The highest BCUT2D eigenvalue weighted by molar-refractivity contribution is 8.00. The monoisotopic (exact) mass is 411 g/mol. The zero-order valence-electron chi connectivity index (χ0n) is 13.6. The maximum absolute atomic E-state index is 12.9. The molecule has 0 unspecified atom stereocenters. The van der Waals surface area contributed by atoms with E-state index in [4.69, 9.17) is 0 Å². The van der Waals surface area contributed by atoms with Crippen molar-refractivity contribution in [2.24, 2.45) is 0 Å². The van der Waals surface area contributed by atoms with Gasteiger partial charge in [0.2, 0.25) is 5.13 Å². The average molecular weight is 411 g/mol. The van der Waals surface area contributed by atoms with Crippen molar-refractivity contribution >= 4 is 34.1 Å². The first-order chi connectivity index (χ1) is 13.0. The lowest BCUT2D eigenvalue weighted by molar-refractivity contribution is -0.0498. The number of ether oxygens (including phenoxy) is 1. The van der Waals surface area contributed by atoms with Gasteiger partial charge >= 0.3 is 6.61 Å². The molecule has 140 valence electrons. The number of thioether (sulfide) groups is 1. The summed E-state index contributed by atoms with van der Waals surface area (Å²) in [5, 5.41) is 10.8. The largest absolute Gasteiger partial charge is 0.435 e. The summed E-state index contributed by atoms with van der Waals surface area (Å²) in [6, 6.07) is 11.5. The average Bonchev–Trinajstić information content (AvgIpc) is 3.08. The maximum Gasteiger partial charge on any atom is 0.387 e. The molecule has 2 aromatic carbocycles. The smallest absolute Gasteiger partial charge is 0.387 e. The van der Waals surface area contributed by atoms with E-state index >= 15 is 0 Å². The number of nitrogens with one attached hydrogen (secondary N) is 1. The van der Waals surface area contributed by atoms with Crippen LogP contribution in [0.1, 0.15) is 15.9 Å². The van der Waals surface area contributed by atoms with Crippen LogP contribution in [0.3, 0.4) is 0 Å². The third-order valence-electron chi connectivity index (χ3n) is 3.24. The van der Waals surface area contributed by atoms with Crippen molar-refractivity contribution in [1.82, 2.24) is 10.2 Å². The number of carbonyl (C=O) groups is 1. The first kappa shape index (κ1) is 19.2. The number of rotatable bonds is 7. The van der Waals surface area contributed by atoms with Gasteiger partial charge in [0.05, 0.1) is 0 Å². The van der Waals surface area contributed by atoms with Gasteiger partial charge in [-0.3, -0.25) is 10.1 Å². The van der Waals surface area contributed by atoms with Gasteiger partial charge in [-0.1, -0.05) is 35.2 Å². The fraction of sp³-hybridized carbons (Fsp3) is 0.118. The minimum absolute atomic E-state index is 0.0306. The van der Waals surface area contributed by atoms with Gasteiger partial charge in [-0.25, -0.2) is 4.39 Å². The number of benzene rings is 2. The summed E-state index contributed by atoms with van der Waals surface area (Å²) in [5.41, 5.74) is 1.21. The molecular formula is C17H12F3N3O2S2. The first-order valence-electron chi connectivity index (χ1n) is 7.56. The molecule has 0 spiro atoms. The molecule has 0 atom stereocenters. The van der Waals surface area contributed by atoms with Crippen molar-refractivity contribution < 1.29 is 22.7 Å². The first-order valence-corrected chi connectivity index (χ1v) is 9.37. The van der Waals surface area contributed by atoms with Crippen molar-refractivity contribution in [1.29, 1.82) is 0 Å². The topological polar surface area (TPSA) is 64.1 Å². The molecule has 1 aromatic heterocycles. The van der Waals surface area contributed by atoms with Crippen LogP contribution >= 0.6 is 23.1 Å². The van der Waals surface area contributed by atoms with Crippen molar-refractivity contribution in [3.05, 3.63) is 65.5 Å². The van der Waals surface area contributed by atoms with Gasteiger partial charge in [0.1, 0.15) is 11.6 Å². The SMILES string of the molecule is O=C(Nc1nnc(SCc2ccc(F)cc2)s1)c1ccc(OC(F)F)cc1. The molecule has 0 saturated heterocycles. The van der Waals surface area contributed by atoms with E-state index in [1.807, 2.05) is 0 Å². The normalized spacial score (nSPS) is 10.8. The number of hydrogen-bond acceptors (Lipinski definition) is 6. The quantitative estimate of drug-likeness (QED) is 0.446. The van der Waals surface area contributed by atoms with Crippen LogP contribution in [0, 0.1) is 5.82 Å². The Morgan fingerprint density at radius 1 is 1.11 bits per heavy atom. The highest BCUT2D eigenvalue weighted by Crippen LogP contribution is 2.28. The molecule has 0 aliphatic rings. The Bertz CT molecular complexity index is 903. The predicted molar refractivity (Wildman–Crippen MR) is 96.9 cm³/mol. The second-order valence-electron chi connectivity index (χ2n) is 5.15. The molecule has 1 N–H and O–H groups in total. The molecule has 3 rings (SSSR count). The van der Waals surface area contributed by atoms with Gasteiger partial charge in [-0.05, 0) is 42.0 Å². The Hall–Kier alpha value is -2.59. The zero-order valence-corrected chi connectivity index (χ0v) is 15.2. The molecule has 0 saturated carbocycles. The molecule has 27 heavy (non-hydrogen) atoms. The molecule has 0 radical (unpaired) electrons. The van der Waals surface area contributed by atoms with Crippen LogP contribution < -0.4 is 10.1 Å². The van der Waals surface area contributed by atoms with E-state index in [-0.39, 0.29) is 17.1 Å². The van der Waals surface area contributed by atoms with Crippen LogP contribution in [0.2, 0.25) is 0 Å². The molecule has 0 bridgehead atoms. The molecule has 1 amide bonds. The lowest BCUT2D eigenvalue weighted by Gasteiger charge is -2.05. The highest BCUT2D eigenvalue weighted by Gasteiger charge is 2.12. The highest BCUT2D eigenvalue weighted by atomic mass is 32.2. The summed E-state index contributed by atoms with van der Waals surface area (Å²) < 4.78 is 42.0. The van der Waals surface area contributed by atoms with Gasteiger partial charge in [0, 0.05) is 11.3 Å². The standard InChI is InChI=1S/C17H12F3N3O2S2/c18-12-5-1-10(2-6-12)9-26-17-23-22-16(27-17)21-14(24)11-3-7-13(8-4-11)25-15(19)20/h1-8,15H,9H2,(H,21,22,24). The lowest BCUT2D eigenvalue weighted by Crippen LogP contribution is -2.11. The summed E-state index contributed by atoms with van der Waals surface area (Å²) >= 11 is 2.62. The summed E-state index contributed by atoms with van der Waals surface area (Å²) in [7, 11) is 0. The molecular weight excluding hydrogens is 399 g/mol. The van der Waals surface area contributed by atoms with Crippen LogP contribution in [0.25, 0.3) is 0 Å². The minimum atomic E-state index is -2.92. The Kier molecular flexibility index (Phi) is 6.30. The molecule has 5 nitrogen and oxygen atoms in total. The van der Waals surface area contributed by atoms with E-state index in [2.05, 4.69) is 20.3 Å². The number of anilines is 1. The number of hydrogen-bond donors (Lipinski definition) is 1. The number of halogens is 3. The van der Waals surface area contributed by atoms with Gasteiger partial charge < -0.3 is 4.74 Å². The van der Waals surface area contributed by atoms with E-state index in [9.17, 15) is 18.0 Å². The summed E-state index contributed by atoms with van der Waals surface area (Å²) in [6.07, 6.45) is 0. The molecule has 0 fully saturated rings. The maximum atomic E-state index is 12.9. The third-order valence-corrected chi connectivity index (χ3v) is 5.29. The fourth-order valence-electron chi connectivity index (χ4n) is 2.00. The third kappa shape index (κ3) is 5.69. The van der Waals surface area contributed by atoms with Crippen LogP contribution in [-0.4, -0.2) is 22.7 Å². The van der Waals surface area contributed by atoms with Gasteiger partial charge in [0.15, 0.2) is 4.34 Å². The molecule has 1 heterocycles. The molecule has 10 heteroatoms. The van der Waals surface area contributed by atoms with Gasteiger partial charge in [0.25, 0.3) is 5.91 Å². The number of amides is 1. The molecule has 3 aromatic rings. The Balaban J connectivity index is 1.55. The molecule has 0 aliphatic heterocycles. The van der Waals surface area contributed by atoms with Crippen LogP contribution in [0.15, 0.2) is 52.9 Å². The predicted octanol–water partition coefficient (Wildman–Crippen LogP) is 4.82. The van der Waals surface area contributed by atoms with Crippen molar-refractivity contribution in [3.8, 4) is 5.75 Å². The van der Waals surface area contributed by atoms with Crippen molar-refractivity contribution in [3.63, 3.8) is 0 Å². The van der Waals surface area contributed by atoms with Crippen molar-refractivity contribution in [2.45, 2.75) is 16.7 Å². The van der Waals surface area contributed by atoms with Crippen LogP contribution in [0.4, 0.5) is 18.3 Å². The Morgan fingerprint density at radius 3 is 2.48 bits per heavy atom. The van der Waals surface area contributed by atoms with E-state index in [1.54, 1.807) is 12.1 Å². The Labute approximate surface area is 160 Å². The van der Waals surface area contributed by atoms with E-state index in [1.165, 1.54) is 59.5 Å². The number of nitrogens with zero attached hydrogens (tertiary/aromatic N) is 2. The summed E-state index contributed by atoms with van der Waals surface area (Å²) in [4.78, 5) is 12.2. The van der Waals surface area contributed by atoms with Crippen LogP contribution in [0.5, 0.6) is 5.75 Å². The molecule has 0 aliphatic carbocycles. The van der Waals surface area contributed by atoms with Gasteiger partial charge in [-0.15, -0.1) is 10.2 Å². The van der Waals surface area contributed by atoms with Crippen molar-refractivity contribution in [2.75, 3.05) is 5.32 Å². The summed E-state index contributed by atoms with van der Waals surface area (Å²) in [6.45, 7) is -2.92. The van der Waals surface area contributed by atoms with E-state index in [0.717, 1.165) is 5.56 Å². The second-order valence-corrected chi connectivity index (χ2v) is 7.35. The zero-order chi connectivity index (χ0) is 19.2. The number of carbonyl (C=O) groups excluding carboxylic acids is 1. The van der Waals surface area contributed by atoms with Crippen LogP contribution in [-0.2, 0) is 5.75 Å². The Morgan fingerprint density at radius 2 is 1.81 bits per heavy atom. The fourth-order valence-corrected chi connectivity index (χ4v) is 3.70. The summed E-state index contributed by atoms with van der Waals surface area (Å²) in [5.74, 6) is -0.172. The van der Waals surface area contributed by atoms with E-state index < -0.39 is 12.5 Å².